The van der Waals surface area contributed by atoms with E-state index in [0.29, 0.717) is 15.9 Å². The quantitative estimate of drug-likeness (QED) is 0.390. The van der Waals surface area contributed by atoms with Crippen LogP contribution in [0.25, 0.3) is 11.1 Å². The summed E-state index contributed by atoms with van der Waals surface area (Å²) < 4.78 is 42.0. The number of hydrogen-bond donors (Lipinski definition) is 2. The smallest absolute Gasteiger partial charge is 0.407 e. The highest BCUT2D eigenvalue weighted by atomic mass is 19.4. The normalized spacial score (nSPS) is 13.5. The summed E-state index contributed by atoms with van der Waals surface area (Å²) >= 11 is 0. The number of halogens is 3. The molecule has 1 aromatic carbocycles. The second kappa shape index (κ2) is 10.1. The number of amides is 1. The Hall–Kier alpha value is -3.12. The molecule has 30 heavy (non-hydrogen) atoms. The average molecular weight is 420 g/mol. The predicted octanol–water partition coefficient (Wildman–Crippen LogP) is 3.23. The number of hydrogen-bond acceptors (Lipinski definition) is 4. The van der Waals surface area contributed by atoms with Gasteiger partial charge >= 0.3 is 6.18 Å². The van der Waals surface area contributed by atoms with Gasteiger partial charge in [-0.25, -0.2) is 0 Å². The maximum Gasteiger partial charge on any atom is 0.407 e. The summed E-state index contributed by atoms with van der Waals surface area (Å²) in [6.07, 6.45) is -1.83. The van der Waals surface area contributed by atoms with Gasteiger partial charge in [0.25, 0.3) is 0 Å². The van der Waals surface area contributed by atoms with Crippen LogP contribution in [0.1, 0.15) is 31.9 Å². The van der Waals surface area contributed by atoms with Crippen LogP contribution >= 0.6 is 0 Å². The number of rotatable bonds is 8. The molecule has 0 aliphatic heterocycles. The van der Waals surface area contributed by atoms with Gasteiger partial charge in [-0.3, -0.25) is 10.1 Å². The zero-order chi connectivity index (χ0) is 22.3. The number of nitriles is 1. The lowest BCUT2D eigenvalue weighted by Crippen LogP contribution is -2.49. The topological polar surface area (TPSA) is 91.9 Å². The van der Waals surface area contributed by atoms with E-state index in [2.05, 4.69) is 10.6 Å². The lowest BCUT2D eigenvalue weighted by Gasteiger charge is -2.28. The number of nitrogens with one attached hydrogen (secondary N) is 2. The molecule has 9 heteroatoms. The zero-order valence-electron chi connectivity index (χ0n) is 16.6. The van der Waals surface area contributed by atoms with Crippen LogP contribution in [0, 0.1) is 22.5 Å². The third kappa shape index (κ3) is 6.46. The molecular weight excluding hydrogens is 397 g/mol. The summed E-state index contributed by atoms with van der Waals surface area (Å²) in [5, 5.41) is 24.8. The lowest BCUT2D eigenvalue weighted by atomic mass is 9.98. The molecule has 0 unspecified atom stereocenters. The number of benzene rings is 1. The number of alkyl halides is 3. The molecule has 0 spiro atoms. The predicted molar refractivity (Wildman–Crippen MR) is 105 cm³/mol. The standard InChI is InChI=1S/C21H23F3N4O2/c1-14(2)12-18(20(29)26-10-9-25)27-19(21(22,23)24)16-7-5-15(6-8-16)17-4-3-11-28(30)13-17/h3-8,11,13-14,18-19,27H,10,12H2,1-2H3,(H,26,29)/t18-,19-/m0/s1. The molecule has 0 aliphatic rings. The summed E-state index contributed by atoms with van der Waals surface area (Å²) in [4.78, 5) is 12.3. The third-order valence-corrected chi connectivity index (χ3v) is 4.41. The van der Waals surface area contributed by atoms with Gasteiger partial charge < -0.3 is 10.5 Å². The molecule has 2 aromatic rings. The molecular formula is C21H23F3N4O2. The van der Waals surface area contributed by atoms with Crippen LogP contribution in [0.5, 0.6) is 0 Å². The van der Waals surface area contributed by atoms with E-state index in [1.54, 1.807) is 32.0 Å². The van der Waals surface area contributed by atoms with Gasteiger partial charge in [0.15, 0.2) is 12.4 Å². The molecule has 1 amide bonds. The van der Waals surface area contributed by atoms with Crippen molar-refractivity contribution in [1.82, 2.24) is 10.6 Å². The van der Waals surface area contributed by atoms with Gasteiger partial charge in [-0.2, -0.15) is 23.2 Å². The fourth-order valence-electron chi connectivity index (χ4n) is 3.05. The van der Waals surface area contributed by atoms with Gasteiger partial charge in [0, 0.05) is 11.6 Å². The van der Waals surface area contributed by atoms with Gasteiger partial charge in [0.2, 0.25) is 5.91 Å². The molecule has 160 valence electrons. The number of carbonyl (C=O) groups excluding carboxylic acids is 1. The Morgan fingerprint density at radius 1 is 1.20 bits per heavy atom. The Bertz CT molecular complexity index is 892. The van der Waals surface area contributed by atoms with Crippen LogP contribution in [0.2, 0.25) is 0 Å². The molecule has 6 nitrogen and oxygen atoms in total. The highest BCUT2D eigenvalue weighted by molar-refractivity contribution is 5.82. The fourth-order valence-corrected chi connectivity index (χ4v) is 3.05. The second-order valence-corrected chi connectivity index (χ2v) is 7.27. The second-order valence-electron chi connectivity index (χ2n) is 7.27. The van der Waals surface area contributed by atoms with Crippen LogP contribution in [0.4, 0.5) is 13.2 Å². The van der Waals surface area contributed by atoms with E-state index in [9.17, 15) is 23.2 Å². The lowest BCUT2D eigenvalue weighted by molar-refractivity contribution is -0.604. The van der Waals surface area contributed by atoms with Crippen molar-refractivity contribution in [2.75, 3.05) is 6.54 Å². The Balaban J connectivity index is 2.30. The Labute approximate surface area is 172 Å². The Kier molecular flexibility index (Phi) is 7.78. The summed E-state index contributed by atoms with van der Waals surface area (Å²) in [6, 6.07) is 7.43. The molecule has 0 radical (unpaired) electrons. The summed E-state index contributed by atoms with van der Waals surface area (Å²) in [5.41, 5.74) is 1.11. The fraction of sp³-hybridized carbons (Fsp3) is 0.381. The molecule has 2 rings (SSSR count). The van der Waals surface area contributed by atoms with E-state index in [4.69, 9.17) is 5.26 Å². The molecule has 1 aromatic heterocycles. The van der Waals surface area contributed by atoms with Crippen molar-refractivity contribution in [2.24, 2.45) is 5.92 Å². The molecule has 1 heterocycles. The first-order chi connectivity index (χ1) is 14.1. The molecule has 2 N–H and O–H groups in total. The van der Waals surface area contributed by atoms with Gasteiger partial charge in [0.1, 0.15) is 12.6 Å². The SMILES string of the molecule is CC(C)C[C@H](N[C@@H](c1ccc(-c2ccc[n+]([O-])c2)cc1)C(F)(F)F)C(=O)NCC#N. The van der Waals surface area contributed by atoms with Gasteiger partial charge in [-0.1, -0.05) is 38.1 Å². The van der Waals surface area contributed by atoms with Crippen molar-refractivity contribution in [3.05, 3.63) is 59.6 Å². The van der Waals surface area contributed by atoms with Crippen molar-refractivity contribution in [3.63, 3.8) is 0 Å². The van der Waals surface area contributed by atoms with Gasteiger partial charge in [-0.05, 0) is 29.5 Å². The van der Waals surface area contributed by atoms with E-state index < -0.39 is 24.2 Å². The van der Waals surface area contributed by atoms with Crippen molar-refractivity contribution in [2.45, 2.75) is 38.5 Å². The summed E-state index contributed by atoms with van der Waals surface area (Å²) in [6.45, 7) is 3.31. The molecule has 2 atom stereocenters. The highest BCUT2D eigenvalue weighted by Gasteiger charge is 2.42. The van der Waals surface area contributed by atoms with Gasteiger partial charge in [-0.15, -0.1) is 0 Å². The highest BCUT2D eigenvalue weighted by Crippen LogP contribution is 2.34. The third-order valence-electron chi connectivity index (χ3n) is 4.41. The first-order valence-corrected chi connectivity index (χ1v) is 9.38. The molecule has 0 bridgehead atoms. The minimum Gasteiger partial charge on any atom is -0.619 e. The minimum atomic E-state index is -4.64. The van der Waals surface area contributed by atoms with Gasteiger partial charge in [0.05, 0.1) is 12.1 Å². The number of carbonyl (C=O) groups is 1. The Morgan fingerprint density at radius 3 is 2.40 bits per heavy atom. The van der Waals surface area contributed by atoms with E-state index in [1.807, 2.05) is 0 Å². The van der Waals surface area contributed by atoms with Crippen molar-refractivity contribution >= 4 is 5.91 Å². The number of pyridine rings is 1. The number of nitrogens with zero attached hydrogens (tertiary/aromatic N) is 2. The van der Waals surface area contributed by atoms with Crippen LogP contribution in [0.3, 0.4) is 0 Å². The first kappa shape index (κ1) is 23.2. The summed E-state index contributed by atoms with van der Waals surface area (Å²) in [5.74, 6) is -0.691. The van der Waals surface area contributed by atoms with Crippen molar-refractivity contribution < 1.29 is 22.7 Å². The van der Waals surface area contributed by atoms with Crippen LogP contribution < -0.4 is 15.4 Å². The van der Waals surface area contributed by atoms with Crippen LogP contribution in [-0.2, 0) is 4.79 Å². The van der Waals surface area contributed by atoms with E-state index >= 15 is 0 Å². The number of aromatic nitrogens is 1. The zero-order valence-corrected chi connectivity index (χ0v) is 16.6. The summed E-state index contributed by atoms with van der Waals surface area (Å²) in [7, 11) is 0. The Morgan fingerprint density at radius 2 is 1.87 bits per heavy atom. The van der Waals surface area contributed by atoms with E-state index in [-0.39, 0.29) is 24.4 Å². The maximum atomic E-state index is 13.8. The van der Waals surface area contributed by atoms with Crippen molar-refractivity contribution in [3.8, 4) is 17.2 Å². The van der Waals surface area contributed by atoms with E-state index in [1.165, 1.54) is 36.7 Å². The van der Waals surface area contributed by atoms with Crippen LogP contribution in [0.15, 0.2) is 48.8 Å². The average Bonchev–Trinajstić information content (AvgIpc) is 2.68. The van der Waals surface area contributed by atoms with Crippen molar-refractivity contribution in [1.29, 1.82) is 5.26 Å². The molecule has 0 saturated carbocycles. The van der Waals surface area contributed by atoms with Crippen LogP contribution in [-0.4, -0.2) is 24.7 Å². The first-order valence-electron chi connectivity index (χ1n) is 9.38. The monoisotopic (exact) mass is 420 g/mol. The largest absolute Gasteiger partial charge is 0.619 e. The minimum absolute atomic E-state index is 0.0385. The molecule has 0 saturated heterocycles. The maximum absolute atomic E-state index is 13.8. The van der Waals surface area contributed by atoms with E-state index in [0.717, 1.165) is 0 Å². The molecule has 0 fully saturated rings. The molecule has 0 aliphatic carbocycles.